The number of carbonyl (C=O) groups is 1. The summed E-state index contributed by atoms with van der Waals surface area (Å²) in [5, 5.41) is 5.76. The number of nitrogens with zero attached hydrogens (tertiary/aromatic N) is 3. The maximum atomic E-state index is 12.0. The van der Waals surface area contributed by atoms with E-state index in [-0.39, 0.29) is 17.8 Å². The zero-order valence-electron chi connectivity index (χ0n) is 19.2. The molecule has 2 amide bonds. The molecule has 9 nitrogen and oxygen atoms in total. The van der Waals surface area contributed by atoms with E-state index in [0.717, 1.165) is 29.8 Å². The second-order valence-corrected chi connectivity index (χ2v) is 12.2. The summed E-state index contributed by atoms with van der Waals surface area (Å²) in [6.45, 7) is 7.63. The van der Waals surface area contributed by atoms with Crippen LogP contribution < -0.4 is 15.5 Å². The van der Waals surface area contributed by atoms with E-state index in [4.69, 9.17) is 14.7 Å². The van der Waals surface area contributed by atoms with Gasteiger partial charge in [-0.25, -0.2) is 14.8 Å². The predicted molar refractivity (Wildman–Crippen MR) is 130 cm³/mol. The van der Waals surface area contributed by atoms with Crippen LogP contribution >= 0.6 is 10.6 Å². The van der Waals surface area contributed by atoms with Crippen LogP contribution in [0.25, 0.3) is 11.4 Å². The minimum atomic E-state index is -2.90. The van der Waals surface area contributed by atoms with Crippen molar-refractivity contribution >= 4 is 28.1 Å². The van der Waals surface area contributed by atoms with Crippen LogP contribution in [0.5, 0.6) is 0 Å². The maximum absolute atomic E-state index is 12.0. The first kappa shape index (κ1) is 22.4. The smallest absolute Gasteiger partial charge is 0.319 e. The number of benzene rings is 1. The Morgan fingerprint density at radius 2 is 1.94 bits per heavy atom. The van der Waals surface area contributed by atoms with Crippen molar-refractivity contribution in [3.05, 3.63) is 35.5 Å². The second-order valence-electron chi connectivity index (χ2n) is 9.59. The summed E-state index contributed by atoms with van der Waals surface area (Å²) in [7, 11) is -2.90. The summed E-state index contributed by atoms with van der Waals surface area (Å²) in [4.78, 5) is 23.9. The van der Waals surface area contributed by atoms with Gasteiger partial charge in [0, 0.05) is 29.4 Å². The van der Waals surface area contributed by atoms with Gasteiger partial charge < -0.3 is 20.3 Å². The SMILES string of the molecule is CC1COCCN1c1nc(-c2ccc(NC(=O)NC3CC3)cc2)nc2c1CS(O)(O)C2(C)C. The van der Waals surface area contributed by atoms with Crippen LogP contribution in [-0.2, 0) is 15.2 Å². The van der Waals surface area contributed by atoms with Crippen molar-refractivity contribution in [1.82, 2.24) is 15.3 Å². The molecule has 0 spiro atoms. The monoisotopic (exact) mass is 473 g/mol. The Kier molecular flexibility index (Phi) is 5.51. The van der Waals surface area contributed by atoms with Crippen molar-refractivity contribution in [3.8, 4) is 11.4 Å². The van der Waals surface area contributed by atoms with Crippen molar-refractivity contribution in [2.75, 3.05) is 30.0 Å². The van der Waals surface area contributed by atoms with Crippen molar-refractivity contribution in [2.45, 2.75) is 56.2 Å². The van der Waals surface area contributed by atoms with Crippen LogP contribution in [0.2, 0.25) is 0 Å². The topological polar surface area (TPSA) is 120 Å². The lowest BCUT2D eigenvalue weighted by Gasteiger charge is -2.40. The molecule has 1 saturated heterocycles. The fourth-order valence-corrected chi connectivity index (χ4v) is 5.84. The van der Waals surface area contributed by atoms with Gasteiger partial charge in [0.15, 0.2) is 5.82 Å². The first-order valence-corrected chi connectivity index (χ1v) is 13.1. The van der Waals surface area contributed by atoms with E-state index in [1.807, 2.05) is 38.1 Å². The van der Waals surface area contributed by atoms with Gasteiger partial charge >= 0.3 is 6.03 Å². The number of rotatable bonds is 4. The highest BCUT2D eigenvalue weighted by molar-refractivity contribution is 8.24. The minimum Gasteiger partial charge on any atom is -0.377 e. The third kappa shape index (κ3) is 4.16. The highest BCUT2D eigenvalue weighted by Gasteiger charge is 2.48. The lowest BCUT2D eigenvalue weighted by Crippen LogP contribution is -2.44. The van der Waals surface area contributed by atoms with E-state index in [9.17, 15) is 13.9 Å². The van der Waals surface area contributed by atoms with Crippen LogP contribution in [0.1, 0.15) is 44.9 Å². The Labute approximate surface area is 195 Å². The lowest BCUT2D eigenvalue weighted by atomic mass is 10.0. The molecule has 1 aliphatic carbocycles. The average Bonchev–Trinajstić information content (AvgIpc) is 3.55. The van der Waals surface area contributed by atoms with Gasteiger partial charge in [-0.3, -0.25) is 9.11 Å². The van der Waals surface area contributed by atoms with E-state index in [1.165, 1.54) is 0 Å². The van der Waals surface area contributed by atoms with Crippen LogP contribution in [0.3, 0.4) is 0 Å². The number of ether oxygens (including phenoxy) is 1. The Morgan fingerprint density at radius 1 is 1.21 bits per heavy atom. The summed E-state index contributed by atoms with van der Waals surface area (Å²) in [6.07, 6.45) is 2.07. The second kappa shape index (κ2) is 8.12. The van der Waals surface area contributed by atoms with Crippen molar-refractivity contribution < 1.29 is 18.6 Å². The van der Waals surface area contributed by atoms with Crippen molar-refractivity contribution in [2.24, 2.45) is 0 Å². The molecule has 33 heavy (non-hydrogen) atoms. The molecule has 10 heteroatoms. The number of hydrogen-bond donors (Lipinski definition) is 4. The number of urea groups is 1. The van der Waals surface area contributed by atoms with Crippen LogP contribution in [0, 0.1) is 0 Å². The summed E-state index contributed by atoms with van der Waals surface area (Å²) >= 11 is 0. The number of morpholine rings is 1. The van der Waals surface area contributed by atoms with Crippen LogP contribution in [-0.4, -0.2) is 56.9 Å². The summed E-state index contributed by atoms with van der Waals surface area (Å²) in [5.74, 6) is 1.44. The molecule has 1 aromatic heterocycles. The van der Waals surface area contributed by atoms with E-state index < -0.39 is 15.3 Å². The van der Waals surface area contributed by atoms with E-state index in [0.29, 0.717) is 43.0 Å². The van der Waals surface area contributed by atoms with Crippen LogP contribution in [0.4, 0.5) is 16.3 Å². The van der Waals surface area contributed by atoms with Gasteiger partial charge in [0.25, 0.3) is 0 Å². The Morgan fingerprint density at radius 3 is 2.61 bits per heavy atom. The number of carbonyl (C=O) groups excluding carboxylic acids is 1. The number of hydrogen-bond acceptors (Lipinski definition) is 7. The quantitative estimate of drug-likeness (QED) is 0.526. The fraction of sp³-hybridized carbons (Fsp3) is 0.522. The fourth-order valence-electron chi connectivity index (χ4n) is 4.33. The highest BCUT2D eigenvalue weighted by Crippen LogP contribution is 2.66. The van der Waals surface area contributed by atoms with E-state index in [1.54, 1.807) is 0 Å². The molecule has 1 aromatic carbocycles. The zero-order valence-corrected chi connectivity index (χ0v) is 20.0. The molecule has 178 valence electrons. The molecule has 1 unspecified atom stereocenters. The number of anilines is 2. The summed E-state index contributed by atoms with van der Waals surface area (Å²) in [5.41, 5.74) is 2.99. The molecule has 0 bridgehead atoms. The molecule has 5 rings (SSSR count). The molecular weight excluding hydrogens is 442 g/mol. The predicted octanol–water partition coefficient (Wildman–Crippen LogP) is 4.15. The van der Waals surface area contributed by atoms with E-state index >= 15 is 0 Å². The normalized spacial score (nSPS) is 24.2. The van der Waals surface area contributed by atoms with Gasteiger partial charge in [-0.05, 0) is 57.9 Å². The molecule has 1 atom stereocenters. The Hall–Kier alpha value is -2.40. The third-order valence-electron chi connectivity index (χ3n) is 6.67. The number of amides is 2. The number of aromatic nitrogens is 2. The van der Waals surface area contributed by atoms with Crippen molar-refractivity contribution in [1.29, 1.82) is 0 Å². The van der Waals surface area contributed by atoms with Gasteiger partial charge in [-0.1, -0.05) is 0 Å². The third-order valence-corrected chi connectivity index (χ3v) is 9.19. The molecule has 2 aromatic rings. The van der Waals surface area contributed by atoms with Crippen molar-refractivity contribution in [3.63, 3.8) is 0 Å². The maximum Gasteiger partial charge on any atom is 0.319 e. The summed E-state index contributed by atoms with van der Waals surface area (Å²) < 4.78 is 26.5. The first-order valence-electron chi connectivity index (χ1n) is 11.3. The largest absolute Gasteiger partial charge is 0.377 e. The molecule has 2 aliphatic heterocycles. The molecule has 3 heterocycles. The van der Waals surface area contributed by atoms with Gasteiger partial charge in [0.05, 0.1) is 35.4 Å². The highest BCUT2D eigenvalue weighted by atomic mass is 32.3. The molecule has 2 fully saturated rings. The molecule has 0 radical (unpaired) electrons. The standard InChI is InChI=1S/C23H31N5O4S/c1-14-12-32-11-10-28(14)21-18-13-33(30,31)23(2,3)19(18)26-20(27-21)15-4-6-16(7-5-15)24-22(29)25-17-8-9-17/h4-7,14,17,30-31H,8-13H2,1-3H3,(H2,24,25,29). The lowest BCUT2D eigenvalue weighted by molar-refractivity contribution is 0.0984. The Bertz CT molecular complexity index is 1070. The molecule has 3 aliphatic rings. The molecule has 1 saturated carbocycles. The number of fused-ring (bicyclic) bond motifs is 1. The number of nitrogens with one attached hydrogen (secondary N) is 2. The van der Waals surface area contributed by atoms with Crippen LogP contribution in [0.15, 0.2) is 24.3 Å². The zero-order chi connectivity index (χ0) is 23.4. The first-order chi connectivity index (χ1) is 15.7. The summed E-state index contributed by atoms with van der Waals surface area (Å²) in [6, 6.07) is 7.62. The van der Waals surface area contributed by atoms with Gasteiger partial charge in [0.2, 0.25) is 0 Å². The Balaban J connectivity index is 1.50. The van der Waals surface area contributed by atoms with E-state index in [2.05, 4.69) is 22.5 Å². The van der Waals surface area contributed by atoms with Gasteiger partial charge in [-0.15, -0.1) is 0 Å². The van der Waals surface area contributed by atoms with Gasteiger partial charge in [0.1, 0.15) is 5.82 Å². The molecule has 4 N–H and O–H groups in total. The average molecular weight is 474 g/mol. The molecular formula is C23H31N5O4S. The van der Waals surface area contributed by atoms with Gasteiger partial charge in [-0.2, -0.15) is 10.6 Å². The minimum absolute atomic E-state index is 0.118.